The highest BCUT2D eigenvalue weighted by atomic mass is 35.5. The first-order chi connectivity index (χ1) is 14.0. The molecule has 150 valence electrons. The maximum Gasteiger partial charge on any atom is 0.167 e. The van der Waals surface area contributed by atoms with E-state index in [1.165, 1.54) is 38.6 Å². The van der Waals surface area contributed by atoms with Crippen LogP contribution in [0.5, 0.6) is 11.5 Å². The molecule has 1 N–H and O–H groups in total. The fourth-order valence-electron chi connectivity index (χ4n) is 2.67. The smallest absolute Gasteiger partial charge is 0.167 e. The van der Waals surface area contributed by atoms with Gasteiger partial charge in [-0.05, 0) is 12.1 Å². The van der Waals surface area contributed by atoms with Crippen molar-refractivity contribution in [2.75, 3.05) is 32.8 Å². The molecule has 0 saturated carbocycles. The second kappa shape index (κ2) is 9.14. The van der Waals surface area contributed by atoms with Gasteiger partial charge in [0.05, 0.1) is 46.2 Å². The highest BCUT2D eigenvalue weighted by molar-refractivity contribution is 6.37. The van der Waals surface area contributed by atoms with E-state index in [-0.39, 0.29) is 17.9 Å². The van der Waals surface area contributed by atoms with E-state index in [0.29, 0.717) is 44.7 Å². The molecule has 0 bridgehead atoms. The van der Waals surface area contributed by atoms with Gasteiger partial charge in [0.2, 0.25) is 0 Å². The fourth-order valence-corrected chi connectivity index (χ4v) is 3.18. The van der Waals surface area contributed by atoms with E-state index in [0.717, 1.165) is 0 Å². The number of benzene rings is 2. The average Bonchev–Trinajstić information content (AvgIpc) is 2.70. The average molecular weight is 436 g/mol. The van der Waals surface area contributed by atoms with Crippen molar-refractivity contribution in [2.45, 2.75) is 0 Å². The third-order valence-corrected chi connectivity index (χ3v) is 4.70. The van der Waals surface area contributed by atoms with Crippen molar-refractivity contribution in [1.29, 1.82) is 5.26 Å². The Labute approximate surface area is 176 Å². The molecule has 0 aliphatic carbocycles. The maximum absolute atomic E-state index is 14.4. The van der Waals surface area contributed by atoms with Crippen LogP contribution < -0.4 is 14.8 Å². The monoisotopic (exact) mass is 435 g/mol. The summed E-state index contributed by atoms with van der Waals surface area (Å²) in [7, 11) is 3.00. The van der Waals surface area contributed by atoms with E-state index >= 15 is 0 Å². The number of rotatable bonds is 7. The van der Waals surface area contributed by atoms with Crippen LogP contribution in [0.25, 0.3) is 10.9 Å². The molecule has 0 unspecified atom stereocenters. The van der Waals surface area contributed by atoms with Gasteiger partial charge in [-0.3, -0.25) is 4.98 Å². The molecule has 1 aromatic heterocycles. The number of fused-ring (bicyclic) bond motifs is 1. The van der Waals surface area contributed by atoms with Crippen LogP contribution in [0, 0.1) is 17.1 Å². The Balaban J connectivity index is 2.13. The standard InChI is InChI=1S/C20H16Cl2FN3O3/c1-27-3-4-29-19-5-12-16(7-15(19)23)25-10-11(9-24)20(12)26-17-8-18(28-2)14(22)6-13(17)21/h5-8,10H,3-4H2,1-2H3,(H,25,26). The molecule has 0 aliphatic rings. The molecule has 6 nitrogen and oxygen atoms in total. The molecule has 0 spiro atoms. The first-order valence-corrected chi connectivity index (χ1v) is 9.18. The van der Waals surface area contributed by atoms with Gasteiger partial charge in [-0.2, -0.15) is 5.26 Å². The largest absolute Gasteiger partial charge is 0.495 e. The van der Waals surface area contributed by atoms with Gasteiger partial charge in [0.15, 0.2) is 11.6 Å². The molecular formula is C20H16Cl2FN3O3. The fraction of sp³-hybridized carbons (Fsp3) is 0.200. The van der Waals surface area contributed by atoms with Crippen molar-refractivity contribution in [3.63, 3.8) is 0 Å². The normalized spacial score (nSPS) is 10.6. The molecule has 29 heavy (non-hydrogen) atoms. The van der Waals surface area contributed by atoms with Gasteiger partial charge >= 0.3 is 0 Å². The molecule has 0 radical (unpaired) electrons. The summed E-state index contributed by atoms with van der Waals surface area (Å²) in [6, 6.07) is 7.94. The maximum atomic E-state index is 14.4. The lowest BCUT2D eigenvalue weighted by molar-refractivity contribution is 0.144. The van der Waals surface area contributed by atoms with Crippen LogP contribution in [-0.4, -0.2) is 32.4 Å². The Bertz CT molecular complexity index is 1100. The van der Waals surface area contributed by atoms with E-state index < -0.39 is 5.82 Å². The van der Waals surface area contributed by atoms with Crippen LogP contribution >= 0.6 is 23.2 Å². The summed E-state index contributed by atoms with van der Waals surface area (Å²) < 4.78 is 29.9. The topological polar surface area (TPSA) is 76.4 Å². The lowest BCUT2D eigenvalue weighted by atomic mass is 10.1. The molecular weight excluding hydrogens is 420 g/mol. The molecule has 1 heterocycles. The first kappa shape index (κ1) is 20.9. The van der Waals surface area contributed by atoms with Gasteiger partial charge < -0.3 is 19.5 Å². The first-order valence-electron chi connectivity index (χ1n) is 8.42. The van der Waals surface area contributed by atoms with Crippen LogP contribution in [-0.2, 0) is 4.74 Å². The Morgan fingerprint density at radius 3 is 2.59 bits per heavy atom. The molecule has 3 rings (SSSR count). The summed E-state index contributed by atoms with van der Waals surface area (Å²) in [6.07, 6.45) is 1.36. The second-order valence-corrected chi connectivity index (χ2v) is 6.71. The highest BCUT2D eigenvalue weighted by Gasteiger charge is 2.16. The summed E-state index contributed by atoms with van der Waals surface area (Å²) in [5, 5.41) is 13.8. The zero-order valence-corrected chi connectivity index (χ0v) is 17.1. The highest BCUT2D eigenvalue weighted by Crippen LogP contribution is 2.38. The SMILES string of the molecule is COCCOc1cc2c(Nc3cc(OC)c(Cl)cc3Cl)c(C#N)cnc2cc1F. The second-order valence-electron chi connectivity index (χ2n) is 5.89. The van der Waals surface area contributed by atoms with Crippen molar-refractivity contribution >= 4 is 45.5 Å². The molecule has 0 aliphatic heterocycles. The van der Waals surface area contributed by atoms with Gasteiger partial charge in [0, 0.05) is 30.8 Å². The third-order valence-electron chi connectivity index (χ3n) is 4.09. The number of nitriles is 1. The predicted molar refractivity (Wildman–Crippen MR) is 110 cm³/mol. The van der Waals surface area contributed by atoms with E-state index in [1.807, 2.05) is 0 Å². The molecule has 0 fully saturated rings. The van der Waals surface area contributed by atoms with Gasteiger partial charge in [0.25, 0.3) is 0 Å². The number of methoxy groups -OCH3 is 2. The van der Waals surface area contributed by atoms with Gasteiger partial charge in [-0.15, -0.1) is 0 Å². The van der Waals surface area contributed by atoms with Crippen LogP contribution in [0.15, 0.2) is 30.5 Å². The van der Waals surface area contributed by atoms with E-state index in [2.05, 4.69) is 16.4 Å². The van der Waals surface area contributed by atoms with Crippen molar-refractivity contribution < 1.29 is 18.6 Å². The van der Waals surface area contributed by atoms with Crippen molar-refractivity contribution in [2.24, 2.45) is 0 Å². The van der Waals surface area contributed by atoms with Crippen molar-refractivity contribution in [3.05, 3.63) is 51.9 Å². The van der Waals surface area contributed by atoms with Crippen molar-refractivity contribution in [1.82, 2.24) is 4.98 Å². The number of halogens is 3. The van der Waals surface area contributed by atoms with Crippen LogP contribution in [0.4, 0.5) is 15.8 Å². The predicted octanol–water partition coefficient (Wildman–Crippen LogP) is 5.33. The van der Waals surface area contributed by atoms with Gasteiger partial charge in [0.1, 0.15) is 18.4 Å². The van der Waals surface area contributed by atoms with Crippen molar-refractivity contribution in [3.8, 4) is 17.6 Å². The number of nitrogens with one attached hydrogen (secondary N) is 1. The molecule has 0 saturated heterocycles. The number of anilines is 2. The Morgan fingerprint density at radius 1 is 1.10 bits per heavy atom. The minimum Gasteiger partial charge on any atom is -0.495 e. The number of pyridine rings is 1. The Kier molecular flexibility index (Phi) is 6.60. The van der Waals surface area contributed by atoms with Crippen LogP contribution in [0.1, 0.15) is 5.56 Å². The zero-order chi connectivity index (χ0) is 21.0. The van der Waals surface area contributed by atoms with E-state index in [1.54, 1.807) is 6.07 Å². The Morgan fingerprint density at radius 2 is 1.90 bits per heavy atom. The minimum absolute atomic E-state index is 0.0225. The number of ether oxygens (including phenoxy) is 3. The van der Waals surface area contributed by atoms with E-state index in [9.17, 15) is 9.65 Å². The Hall–Kier alpha value is -2.79. The summed E-state index contributed by atoms with van der Waals surface area (Å²) in [6.45, 7) is 0.479. The number of hydrogen-bond donors (Lipinski definition) is 1. The minimum atomic E-state index is -0.567. The van der Waals surface area contributed by atoms with Crippen LogP contribution in [0.2, 0.25) is 10.0 Å². The quantitative estimate of drug-likeness (QED) is 0.505. The molecule has 0 amide bonds. The third kappa shape index (κ3) is 4.46. The molecule has 2 aromatic carbocycles. The summed E-state index contributed by atoms with van der Waals surface area (Å²) in [4.78, 5) is 4.16. The molecule has 3 aromatic rings. The molecule has 9 heteroatoms. The lowest BCUT2D eigenvalue weighted by Crippen LogP contribution is -2.06. The van der Waals surface area contributed by atoms with Gasteiger partial charge in [-0.25, -0.2) is 4.39 Å². The lowest BCUT2D eigenvalue weighted by Gasteiger charge is -2.15. The molecule has 0 atom stereocenters. The summed E-state index contributed by atoms with van der Waals surface area (Å²) in [5.74, 6) is -0.137. The summed E-state index contributed by atoms with van der Waals surface area (Å²) >= 11 is 12.4. The van der Waals surface area contributed by atoms with E-state index in [4.69, 9.17) is 37.4 Å². The summed E-state index contributed by atoms with van der Waals surface area (Å²) in [5.41, 5.74) is 1.46. The number of hydrogen-bond acceptors (Lipinski definition) is 6. The zero-order valence-electron chi connectivity index (χ0n) is 15.6. The van der Waals surface area contributed by atoms with Gasteiger partial charge in [-0.1, -0.05) is 23.2 Å². The number of nitrogens with zero attached hydrogens (tertiary/aromatic N) is 2. The van der Waals surface area contributed by atoms with Crippen LogP contribution in [0.3, 0.4) is 0 Å². The number of aromatic nitrogens is 1.